The van der Waals surface area contributed by atoms with Crippen LogP contribution in [0.1, 0.15) is 20.9 Å². The minimum Gasteiger partial charge on any atom is -0.328 e. The third-order valence-electron chi connectivity index (χ3n) is 2.68. The van der Waals surface area contributed by atoms with E-state index < -0.39 is 0 Å². The van der Waals surface area contributed by atoms with E-state index >= 15 is 0 Å². The van der Waals surface area contributed by atoms with E-state index in [0.717, 1.165) is 17.8 Å². The van der Waals surface area contributed by atoms with Crippen molar-refractivity contribution < 1.29 is 4.79 Å². The topological polar surface area (TPSA) is 33.2 Å². The molecular weight excluding hydrogens is 220 g/mol. The summed E-state index contributed by atoms with van der Waals surface area (Å²) in [4.78, 5) is 19.2. The third kappa shape index (κ3) is 1.51. The molecule has 1 aliphatic rings. The molecule has 0 saturated carbocycles. The van der Waals surface area contributed by atoms with Crippen LogP contribution in [0.4, 0.5) is 0 Å². The van der Waals surface area contributed by atoms with Crippen molar-refractivity contribution in [2.75, 3.05) is 0 Å². The van der Waals surface area contributed by atoms with Gasteiger partial charge in [0.1, 0.15) is 0 Å². The number of hydrogen-bond donors (Lipinski definition) is 0. The van der Waals surface area contributed by atoms with Gasteiger partial charge in [0.2, 0.25) is 0 Å². The maximum absolute atomic E-state index is 12.0. The van der Waals surface area contributed by atoms with Crippen LogP contribution in [0.5, 0.6) is 0 Å². The number of fused-ring (bicyclic) bond motifs is 1. The van der Waals surface area contributed by atoms with Gasteiger partial charge in [-0.3, -0.25) is 9.78 Å². The van der Waals surface area contributed by atoms with Crippen LogP contribution in [-0.4, -0.2) is 15.8 Å². The van der Waals surface area contributed by atoms with Gasteiger partial charge in [-0.2, -0.15) is 0 Å². The fourth-order valence-corrected chi connectivity index (χ4v) is 2.77. The first-order valence-electron chi connectivity index (χ1n) is 5.10. The summed E-state index contributed by atoms with van der Waals surface area (Å²) >= 11 is 1.65. The Balaban J connectivity index is 1.80. The van der Waals surface area contributed by atoms with E-state index in [9.17, 15) is 4.79 Å². The van der Waals surface area contributed by atoms with Crippen molar-refractivity contribution in [2.24, 2.45) is 0 Å². The summed E-state index contributed by atoms with van der Waals surface area (Å²) in [6.45, 7) is 1.32. The number of rotatable bonds is 2. The Bertz CT molecular complexity index is 521. The van der Waals surface area contributed by atoms with Gasteiger partial charge in [-0.25, -0.2) is 0 Å². The summed E-state index contributed by atoms with van der Waals surface area (Å²) in [5.74, 6) is 0.127. The molecule has 0 radical (unpaired) electrons. The van der Waals surface area contributed by atoms with Crippen molar-refractivity contribution in [2.45, 2.75) is 13.1 Å². The van der Waals surface area contributed by atoms with Gasteiger partial charge in [0.05, 0.1) is 24.3 Å². The molecule has 1 amide bonds. The average molecular weight is 230 g/mol. The molecule has 80 valence electrons. The molecule has 3 rings (SSSR count). The van der Waals surface area contributed by atoms with Crippen LogP contribution in [0.2, 0.25) is 0 Å². The molecule has 0 saturated heterocycles. The zero-order valence-corrected chi connectivity index (χ0v) is 9.41. The molecule has 16 heavy (non-hydrogen) atoms. The Labute approximate surface area is 97.4 Å². The maximum Gasteiger partial charge on any atom is 0.255 e. The molecule has 0 unspecified atom stereocenters. The van der Waals surface area contributed by atoms with E-state index in [-0.39, 0.29) is 5.91 Å². The highest BCUT2D eigenvalue weighted by Crippen LogP contribution is 2.28. The molecule has 0 aliphatic carbocycles. The molecule has 0 aromatic carbocycles. The van der Waals surface area contributed by atoms with Crippen LogP contribution < -0.4 is 0 Å². The number of carbonyl (C=O) groups excluding carboxylic acids is 1. The normalized spacial score (nSPS) is 14.2. The Hall–Kier alpha value is -1.68. The standard InChI is InChI=1S/C12H10N2OS/c15-12-10-4-6-16-11(10)8-14(12)7-9-3-1-2-5-13-9/h1-6H,7-8H2. The van der Waals surface area contributed by atoms with E-state index in [1.165, 1.54) is 4.88 Å². The Kier molecular flexibility index (Phi) is 2.22. The molecule has 0 bridgehead atoms. The highest BCUT2D eigenvalue weighted by atomic mass is 32.1. The smallest absolute Gasteiger partial charge is 0.255 e. The summed E-state index contributed by atoms with van der Waals surface area (Å²) in [5.41, 5.74) is 1.80. The van der Waals surface area contributed by atoms with Crippen molar-refractivity contribution in [1.82, 2.24) is 9.88 Å². The Morgan fingerprint density at radius 2 is 2.31 bits per heavy atom. The maximum atomic E-state index is 12.0. The lowest BCUT2D eigenvalue weighted by atomic mass is 10.3. The van der Waals surface area contributed by atoms with E-state index in [1.807, 2.05) is 34.5 Å². The molecule has 3 nitrogen and oxygen atoms in total. The van der Waals surface area contributed by atoms with E-state index in [0.29, 0.717) is 6.54 Å². The van der Waals surface area contributed by atoms with Gasteiger partial charge in [0.25, 0.3) is 5.91 Å². The van der Waals surface area contributed by atoms with E-state index in [4.69, 9.17) is 0 Å². The lowest BCUT2D eigenvalue weighted by Crippen LogP contribution is -2.23. The van der Waals surface area contributed by atoms with Crippen LogP contribution in [0.15, 0.2) is 35.8 Å². The van der Waals surface area contributed by atoms with Gasteiger partial charge in [-0.1, -0.05) is 6.07 Å². The Morgan fingerprint density at radius 3 is 3.06 bits per heavy atom. The highest BCUT2D eigenvalue weighted by molar-refractivity contribution is 7.10. The molecule has 2 aromatic heterocycles. The van der Waals surface area contributed by atoms with Crippen LogP contribution in [0.3, 0.4) is 0 Å². The number of hydrogen-bond acceptors (Lipinski definition) is 3. The molecule has 4 heteroatoms. The number of amides is 1. The fourth-order valence-electron chi connectivity index (χ4n) is 1.88. The minimum absolute atomic E-state index is 0.127. The van der Waals surface area contributed by atoms with Gasteiger partial charge in [-0.15, -0.1) is 11.3 Å². The number of carbonyl (C=O) groups is 1. The van der Waals surface area contributed by atoms with Gasteiger partial charge in [-0.05, 0) is 23.6 Å². The molecule has 0 fully saturated rings. The average Bonchev–Trinajstić information content (AvgIpc) is 2.86. The monoisotopic (exact) mass is 230 g/mol. The van der Waals surface area contributed by atoms with Crippen LogP contribution in [0.25, 0.3) is 0 Å². The van der Waals surface area contributed by atoms with Crippen LogP contribution in [-0.2, 0) is 13.1 Å². The lowest BCUT2D eigenvalue weighted by molar-refractivity contribution is 0.0765. The SMILES string of the molecule is O=C1c2ccsc2CN1Cc1ccccn1. The zero-order valence-electron chi connectivity index (χ0n) is 8.59. The Morgan fingerprint density at radius 1 is 1.38 bits per heavy atom. The number of pyridine rings is 1. The van der Waals surface area contributed by atoms with Crippen LogP contribution in [0, 0.1) is 0 Å². The van der Waals surface area contributed by atoms with Gasteiger partial charge in [0.15, 0.2) is 0 Å². The number of nitrogens with zero attached hydrogens (tertiary/aromatic N) is 2. The first kappa shape index (κ1) is 9.54. The van der Waals surface area contributed by atoms with Crippen LogP contribution >= 0.6 is 11.3 Å². The highest BCUT2D eigenvalue weighted by Gasteiger charge is 2.28. The second-order valence-corrected chi connectivity index (χ2v) is 4.74. The summed E-state index contributed by atoms with van der Waals surface area (Å²) in [6.07, 6.45) is 1.76. The lowest BCUT2D eigenvalue weighted by Gasteiger charge is -2.14. The molecule has 0 spiro atoms. The summed E-state index contributed by atoms with van der Waals surface area (Å²) in [5, 5.41) is 1.97. The van der Waals surface area contributed by atoms with Crippen molar-refractivity contribution >= 4 is 17.2 Å². The van der Waals surface area contributed by atoms with Gasteiger partial charge >= 0.3 is 0 Å². The first-order valence-corrected chi connectivity index (χ1v) is 5.98. The summed E-state index contributed by atoms with van der Waals surface area (Å²) in [7, 11) is 0. The fraction of sp³-hybridized carbons (Fsp3) is 0.167. The number of aromatic nitrogens is 1. The van der Waals surface area contributed by atoms with Crippen molar-refractivity contribution in [3.8, 4) is 0 Å². The zero-order chi connectivity index (χ0) is 11.0. The van der Waals surface area contributed by atoms with Crippen molar-refractivity contribution in [3.05, 3.63) is 52.0 Å². The predicted octanol–water partition coefficient (Wildman–Crippen LogP) is 2.30. The van der Waals surface area contributed by atoms with E-state index in [2.05, 4.69) is 4.98 Å². The molecule has 2 aromatic rings. The van der Waals surface area contributed by atoms with Crippen molar-refractivity contribution in [1.29, 1.82) is 0 Å². The summed E-state index contributed by atoms with van der Waals surface area (Å²) in [6, 6.07) is 7.67. The number of thiophene rings is 1. The summed E-state index contributed by atoms with van der Waals surface area (Å²) < 4.78 is 0. The predicted molar refractivity (Wildman–Crippen MR) is 62.1 cm³/mol. The molecule has 0 N–H and O–H groups in total. The van der Waals surface area contributed by atoms with E-state index in [1.54, 1.807) is 17.5 Å². The van der Waals surface area contributed by atoms with Gasteiger partial charge < -0.3 is 4.90 Å². The second-order valence-electron chi connectivity index (χ2n) is 3.74. The molecular formula is C12H10N2OS. The van der Waals surface area contributed by atoms with Gasteiger partial charge in [0, 0.05) is 11.1 Å². The van der Waals surface area contributed by atoms with Crippen molar-refractivity contribution in [3.63, 3.8) is 0 Å². The largest absolute Gasteiger partial charge is 0.328 e. The first-order chi connectivity index (χ1) is 7.84. The third-order valence-corrected chi connectivity index (χ3v) is 3.58. The molecule has 1 aliphatic heterocycles. The minimum atomic E-state index is 0.127. The second kappa shape index (κ2) is 3.72. The quantitative estimate of drug-likeness (QED) is 0.793. The molecule has 3 heterocycles. The molecule has 0 atom stereocenters.